The van der Waals surface area contributed by atoms with Crippen molar-refractivity contribution in [2.75, 3.05) is 6.61 Å². The summed E-state index contributed by atoms with van der Waals surface area (Å²) in [5.74, 6) is -56.0. The van der Waals surface area contributed by atoms with Crippen molar-refractivity contribution in [3.63, 3.8) is 0 Å². The number of carbonyl (C=O) groups excluding carboxylic acids is 10. The fourth-order valence-corrected chi connectivity index (χ4v) is 10.8. The number of phenols is 25. The molecule has 10 aromatic carbocycles. The minimum Gasteiger partial charge on any atom is -0.504 e. The second kappa shape index (κ2) is 33.4. The predicted octanol–water partition coefficient (Wildman–Crippen LogP) is 4.84. The van der Waals surface area contributed by atoms with Gasteiger partial charge in [-0.15, -0.1) is 0 Å². The van der Waals surface area contributed by atoms with E-state index in [9.17, 15) is 161 Å². The zero-order chi connectivity index (χ0) is 89.4. The van der Waals surface area contributed by atoms with Crippen LogP contribution in [0.3, 0.4) is 0 Å². The summed E-state index contributed by atoms with van der Waals surface area (Å²) in [5.41, 5.74) is -9.89. The third kappa shape index (κ3) is 17.6. The van der Waals surface area contributed by atoms with Gasteiger partial charge in [0.2, 0.25) is 41.1 Å². The normalized spacial score (nSPS) is 14.6. The maximum atomic E-state index is 15.3. The molecular formula is C76H52O46. The van der Waals surface area contributed by atoms with Crippen LogP contribution in [0.25, 0.3) is 0 Å². The molecule has 0 radical (unpaired) electrons. The van der Waals surface area contributed by atoms with Gasteiger partial charge in [0, 0.05) is 0 Å². The number of esters is 10. The molecule has 11 rings (SSSR count). The van der Waals surface area contributed by atoms with Gasteiger partial charge in [-0.05, 0) is 121 Å². The fraction of sp³-hybridized carbons (Fsp3) is 0.0789. The molecule has 0 aromatic heterocycles. The lowest BCUT2D eigenvalue weighted by Crippen LogP contribution is -2.63. The van der Waals surface area contributed by atoms with E-state index in [1.165, 1.54) is 0 Å². The summed E-state index contributed by atoms with van der Waals surface area (Å²) in [6, 6.07) is 8.56. The van der Waals surface area contributed by atoms with Crippen LogP contribution in [-0.4, -0.2) is 225 Å². The van der Waals surface area contributed by atoms with Gasteiger partial charge in [-0.1, -0.05) is 0 Å². The zero-order valence-electron chi connectivity index (χ0n) is 59.9. The summed E-state index contributed by atoms with van der Waals surface area (Å²) < 4.78 is 60.4. The number of hydrogen-bond donors (Lipinski definition) is 25. The molecule has 5 atom stereocenters. The maximum Gasteiger partial charge on any atom is 0.343 e. The average molecular weight is 1700 g/mol. The number of carbonyl (C=O) groups is 10. The van der Waals surface area contributed by atoms with Gasteiger partial charge in [0.05, 0.1) is 55.6 Å². The first-order valence-corrected chi connectivity index (χ1v) is 33.2. The smallest absolute Gasteiger partial charge is 0.343 e. The van der Waals surface area contributed by atoms with E-state index in [0.29, 0.717) is 121 Å². The van der Waals surface area contributed by atoms with E-state index in [4.69, 9.17) is 52.1 Å². The summed E-state index contributed by atoms with van der Waals surface area (Å²) in [7, 11) is 0. The van der Waals surface area contributed by atoms with E-state index in [0.717, 1.165) is 0 Å². The third-order valence-electron chi connectivity index (χ3n) is 16.9. The van der Waals surface area contributed by atoms with Crippen LogP contribution in [0.5, 0.6) is 172 Å². The van der Waals surface area contributed by atoms with Crippen molar-refractivity contribution in [1.29, 1.82) is 0 Å². The average Bonchev–Trinajstić information content (AvgIpc) is 0.764. The maximum absolute atomic E-state index is 15.3. The van der Waals surface area contributed by atoms with Gasteiger partial charge in [-0.3, -0.25) is 0 Å². The van der Waals surface area contributed by atoms with Crippen LogP contribution >= 0.6 is 0 Å². The molecule has 0 amide bonds. The minimum atomic E-state index is -3.12. The Kier molecular flexibility index (Phi) is 23.2. The van der Waals surface area contributed by atoms with Crippen molar-refractivity contribution in [3.05, 3.63) is 177 Å². The van der Waals surface area contributed by atoms with Gasteiger partial charge in [0.1, 0.15) is 12.7 Å². The molecule has 46 heteroatoms. The number of benzene rings is 10. The van der Waals surface area contributed by atoms with Crippen LogP contribution < -0.4 is 23.7 Å². The molecular weight excluding hydrogens is 1650 g/mol. The molecule has 0 aliphatic carbocycles. The summed E-state index contributed by atoms with van der Waals surface area (Å²) in [5, 5.41) is 261. The van der Waals surface area contributed by atoms with E-state index < -0.39 is 325 Å². The number of aromatic hydroxyl groups is 25. The van der Waals surface area contributed by atoms with Crippen LogP contribution in [0, 0.1) is 0 Å². The molecule has 1 saturated heterocycles. The standard InChI is InChI=1S/C76H52O46/c77-32-1-22(2-33(78)53(32)92)67(103)113-47-16-27(11-42(87)58(47)97)66(102)112-21-52-63(119-72(108)28-12-43(88)59(98)48(17-28)114-68(104)23-3-34(79)54(93)35(80)4-23)64(120-73(109)29-13-44(89)60(99)49(18-29)115-69(105)24-5-36(81)55(94)37(82)6-24)65(121-74(110)30-14-45(90)61(100)50(19-30)116-70(106)25-7-38(83)56(95)39(84)8-25)76(118-52)122-75(111)31-15-46(91)62(101)51(20-31)117-71(107)26-9-40(85)57(96)41(86)10-26/h1-20,52,63-65,76-101H,21H2/t52-,63?,64+,65+,76?/m1/s1. The van der Waals surface area contributed by atoms with Gasteiger partial charge in [0.25, 0.3) is 0 Å². The zero-order valence-corrected chi connectivity index (χ0v) is 59.9. The lowest BCUT2D eigenvalue weighted by Gasteiger charge is -2.43. The summed E-state index contributed by atoms with van der Waals surface area (Å²) in [6.07, 6.45) is -15.1. The molecule has 46 nitrogen and oxygen atoms in total. The predicted molar refractivity (Wildman–Crippen MR) is 383 cm³/mol. The minimum absolute atomic E-state index is 0.295. The van der Waals surface area contributed by atoms with Crippen molar-refractivity contribution in [1.82, 2.24) is 0 Å². The number of rotatable bonds is 21. The van der Waals surface area contributed by atoms with Crippen LogP contribution in [-0.2, 0) is 28.4 Å². The Hall–Kier alpha value is -18.1. The van der Waals surface area contributed by atoms with Crippen LogP contribution in [0.4, 0.5) is 0 Å². The van der Waals surface area contributed by atoms with Gasteiger partial charge >= 0.3 is 59.7 Å². The van der Waals surface area contributed by atoms with Gasteiger partial charge in [-0.2, -0.15) is 0 Å². The second-order valence-corrected chi connectivity index (χ2v) is 25.1. The number of hydrogen-bond acceptors (Lipinski definition) is 46. The highest BCUT2D eigenvalue weighted by molar-refractivity contribution is 6.00. The summed E-state index contributed by atoms with van der Waals surface area (Å²) in [6.45, 7) is -1.71. The first-order valence-electron chi connectivity index (χ1n) is 33.2. The Morgan fingerprint density at radius 2 is 0.377 bits per heavy atom. The Bertz CT molecular complexity index is 5970. The Balaban J connectivity index is 1.09. The van der Waals surface area contributed by atoms with Crippen LogP contribution in [0.15, 0.2) is 121 Å². The summed E-state index contributed by atoms with van der Waals surface area (Å²) in [4.78, 5) is 142. The lowest BCUT2D eigenvalue weighted by molar-refractivity contribution is -0.282. The second-order valence-electron chi connectivity index (χ2n) is 25.1. The highest BCUT2D eigenvalue weighted by atomic mass is 16.8. The summed E-state index contributed by atoms with van der Waals surface area (Å²) >= 11 is 0. The molecule has 1 aliphatic heterocycles. The Labute approximate surface area is 671 Å². The SMILES string of the molecule is O=C(OC[C@H]1OC(OC(=O)c2cc(O)c(O)c(OC(=O)c3cc(O)c(O)c(O)c3)c2)[C@@H](OC(=O)c2cc(O)c(O)c(OC(=O)c3cc(O)c(O)c(O)c3)c2)[C@@H](OC(=O)c2cc(O)c(O)c(OC(=O)c3cc(O)c(O)c(O)c3)c2)C1OC(=O)c1cc(O)c(O)c(OC(=O)c2cc(O)c(O)c(O)c2)c1)c1cc(O)c(O)c(OC(=O)c2cc(O)c(O)c(O)c2)c1. The molecule has 0 saturated carbocycles. The highest BCUT2D eigenvalue weighted by Gasteiger charge is 2.55. The topological polar surface area (TPSA) is 778 Å². The van der Waals surface area contributed by atoms with Crippen molar-refractivity contribution >= 4 is 59.7 Å². The fourth-order valence-electron chi connectivity index (χ4n) is 10.8. The van der Waals surface area contributed by atoms with Gasteiger partial charge < -0.3 is 180 Å². The largest absolute Gasteiger partial charge is 0.504 e. The molecule has 1 heterocycles. The molecule has 122 heavy (non-hydrogen) atoms. The first-order chi connectivity index (χ1) is 57.4. The quantitative estimate of drug-likeness (QED) is 0.0198. The van der Waals surface area contributed by atoms with Gasteiger partial charge in [0.15, 0.2) is 156 Å². The molecule has 2 unspecified atom stereocenters. The molecule has 632 valence electrons. The van der Waals surface area contributed by atoms with E-state index >= 15 is 14.4 Å². The molecule has 10 aromatic rings. The van der Waals surface area contributed by atoms with Crippen molar-refractivity contribution in [2.45, 2.75) is 30.7 Å². The van der Waals surface area contributed by atoms with Crippen molar-refractivity contribution in [3.8, 4) is 172 Å². The molecule has 0 bridgehead atoms. The number of ether oxygens (including phenoxy) is 11. The first kappa shape index (κ1) is 84.8. The lowest BCUT2D eigenvalue weighted by atomic mass is 9.97. The molecule has 25 N–H and O–H groups in total. The molecule has 1 fully saturated rings. The highest BCUT2D eigenvalue weighted by Crippen LogP contribution is 2.48. The van der Waals surface area contributed by atoms with Crippen molar-refractivity contribution < 1.29 is 228 Å². The van der Waals surface area contributed by atoms with Crippen LogP contribution in [0.2, 0.25) is 0 Å². The number of phenolic OH excluding ortho intramolecular Hbond substituents is 25. The van der Waals surface area contributed by atoms with E-state index in [1.54, 1.807) is 0 Å². The van der Waals surface area contributed by atoms with Crippen molar-refractivity contribution in [2.24, 2.45) is 0 Å². The Morgan fingerprint density at radius 1 is 0.205 bits per heavy atom. The Morgan fingerprint density at radius 3 is 0.598 bits per heavy atom. The van der Waals surface area contributed by atoms with E-state index in [-0.39, 0.29) is 0 Å². The monoisotopic (exact) mass is 1700 g/mol. The van der Waals surface area contributed by atoms with Crippen LogP contribution in [0.1, 0.15) is 104 Å². The van der Waals surface area contributed by atoms with E-state index in [1.807, 2.05) is 0 Å². The van der Waals surface area contributed by atoms with Gasteiger partial charge in [-0.25, -0.2) is 47.9 Å². The third-order valence-corrected chi connectivity index (χ3v) is 16.9. The molecule has 0 spiro atoms. The van der Waals surface area contributed by atoms with E-state index in [2.05, 4.69) is 0 Å². The molecule has 1 aliphatic rings.